The molecule has 1 heterocycles. The summed E-state index contributed by atoms with van der Waals surface area (Å²) in [5, 5.41) is 7.30. The van der Waals surface area contributed by atoms with Crippen molar-refractivity contribution in [3.63, 3.8) is 0 Å². The summed E-state index contributed by atoms with van der Waals surface area (Å²) >= 11 is 0. The predicted molar refractivity (Wildman–Crippen MR) is 90.4 cm³/mol. The van der Waals surface area contributed by atoms with Gasteiger partial charge in [-0.3, -0.25) is 0 Å². The zero-order valence-electron chi connectivity index (χ0n) is 13.5. The van der Waals surface area contributed by atoms with Crippen LogP contribution in [0.15, 0.2) is 34.9 Å². The molecule has 0 amide bonds. The van der Waals surface area contributed by atoms with Crippen molar-refractivity contribution >= 4 is 12.4 Å². The van der Waals surface area contributed by atoms with Crippen LogP contribution in [0.3, 0.4) is 0 Å². The average Bonchev–Trinajstić information content (AvgIpc) is 2.86. The van der Waals surface area contributed by atoms with Crippen LogP contribution >= 0.6 is 12.4 Å². The highest BCUT2D eigenvalue weighted by atomic mass is 35.5. The molecule has 1 N–H and O–H groups in total. The first-order valence-corrected chi connectivity index (χ1v) is 7.48. The fourth-order valence-corrected chi connectivity index (χ4v) is 1.95. The molecule has 2 aromatic rings. The van der Waals surface area contributed by atoms with E-state index in [4.69, 9.17) is 9.26 Å². The van der Waals surface area contributed by atoms with E-state index in [2.05, 4.69) is 36.5 Å². The Kier molecular flexibility index (Phi) is 7.99. The molecule has 4 nitrogen and oxygen atoms in total. The summed E-state index contributed by atoms with van der Waals surface area (Å²) in [6.45, 7) is 8.60. The average molecular weight is 325 g/mol. The van der Waals surface area contributed by atoms with Crippen molar-refractivity contribution in [2.24, 2.45) is 5.92 Å². The van der Waals surface area contributed by atoms with Gasteiger partial charge >= 0.3 is 0 Å². The van der Waals surface area contributed by atoms with E-state index in [-0.39, 0.29) is 12.4 Å². The van der Waals surface area contributed by atoms with Gasteiger partial charge in [0.2, 0.25) is 0 Å². The molecule has 5 heteroatoms. The van der Waals surface area contributed by atoms with E-state index in [1.807, 2.05) is 25.1 Å². The number of hydrogen-bond donors (Lipinski definition) is 1. The van der Waals surface area contributed by atoms with Crippen molar-refractivity contribution in [1.29, 1.82) is 0 Å². The van der Waals surface area contributed by atoms with Crippen LogP contribution in [0.2, 0.25) is 0 Å². The van der Waals surface area contributed by atoms with Gasteiger partial charge in [0.1, 0.15) is 11.5 Å². The second-order valence-electron chi connectivity index (χ2n) is 5.71. The molecule has 0 aliphatic heterocycles. The molecule has 0 aliphatic carbocycles. The number of nitrogens with zero attached hydrogens (tertiary/aromatic N) is 1. The zero-order chi connectivity index (χ0) is 15.1. The third-order valence-electron chi connectivity index (χ3n) is 3.20. The molecule has 0 fully saturated rings. The number of halogens is 1. The lowest BCUT2D eigenvalue weighted by atomic mass is 10.1. The number of aryl methyl sites for hydroxylation is 1. The number of hydrogen-bond acceptors (Lipinski definition) is 4. The van der Waals surface area contributed by atoms with Crippen LogP contribution in [0.5, 0.6) is 5.75 Å². The lowest BCUT2D eigenvalue weighted by molar-refractivity contribution is 0.289. The van der Waals surface area contributed by atoms with Crippen molar-refractivity contribution in [2.45, 2.75) is 40.3 Å². The van der Waals surface area contributed by atoms with E-state index in [0.717, 1.165) is 36.8 Å². The summed E-state index contributed by atoms with van der Waals surface area (Å²) in [6, 6.07) is 10.2. The van der Waals surface area contributed by atoms with Crippen molar-refractivity contribution in [3.8, 4) is 5.75 Å². The Morgan fingerprint density at radius 2 is 1.91 bits per heavy atom. The van der Waals surface area contributed by atoms with E-state index in [1.165, 1.54) is 5.56 Å². The third-order valence-corrected chi connectivity index (χ3v) is 3.20. The van der Waals surface area contributed by atoms with E-state index < -0.39 is 0 Å². The van der Waals surface area contributed by atoms with Gasteiger partial charge in [-0.15, -0.1) is 12.4 Å². The highest BCUT2D eigenvalue weighted by Gasteiger charge is 2.01. The molecule has 0 atom stereocenters. The van der Waals surface area contributed by atoms with Crippen molar-refractivity contribution < 1.29 is 9.26 Å². The van der Waals surface area contributed by atoms with Gasteiger partial charge in [-0.25, -0.2) is 0 Å². The summed E-state index contributed by atoms with van der Waals surface area (Å²) in [6.07, 6.45) is 1.08. The number of benzene rings is 1. The van der Waals surface area contributed by atoms with Gasteiger partial charge in [0.05, 0.1) is 12.3 Å². The minimum Gasteiger partial charge on any atom is -0.494 e. The third kappa shape index (κ3) is 6.50. The van der Waals surface area contributed by atoms with Gasteiger partial charge in [-0.2, -0.15) is 0 Å². The van der Waals surface area contributed by atoms with E-state index in [1.54, 1.807) is 0 Å². The monoisotopic (exact) mass is 324 g/mol. The zero-order valence-corrected chi connectivity index (χ0v) is 14.3. The van der Waals surface area contributed by atoms with Crippen LogP contribution in [0.25, 0.3) is 0 Å². The van der Waals surface area contributed by atoms with Gasteiger partial charge in [-0.05, 0) is 37.0 Å². The quantitative estimate of drug-likeness (QED) is 0.793. The Morgan fingerprint density at radius 3 is 2.50 bits per heavy atom. The van der Waals surface area contributed by atoms with Gasteiger partial charge in [0, 0.05) is 19.2 Å². The van der Waals surface area contributed by atoms with Crippen molar-refractivity contribution in [3.05, 3.63) is 47.3 Å². The molecular weight excluding hydrogens is 300 g/mol. The maximum atomic E-state index is 5.71. The largest absolute Gasteiger partial charge is 0.494 e. The Bertz CT molecular complexity index is 538. The second kappa shape index (κ2) is 9.49. The predicted octanol–water partition coefficient (Wildman–Crippen LogP) is 4.12. The molecule has 0 bridgehead atoms. The summed E-state index contributed by atoms with van der Waals surface area (Å²) in [4.78, 5) is 0. The van der Waals surface area contributed by atoms with E-state index >= 15 is 0 Å². The Morgan fingerprint density at radius 1 is 1.18 bits per heavy atom. The lowest BCUT2D eigenvalue weighted by Crippen LogP contribution is -2.12. The van der Waals surface area contributed by atoms with Gasteiger partial charge in [-0.1, -0.05) is 31.1 Å². The molecule has 0 saturated carbocycles. The Labute approximate surface area is 138 Å². The molecule has 22 heavy (non-hydrogen) atoms. The highest BCUT2D eigenvalue weighted by Crippen LogP contribution is 2.13. The first-order chi connectivity index (χ1) is 10.1. The SMILES string of the molecule is Cc1cc(CNCc2ccc(OCCC(C)C)cc2)no1.Cl. The summed E-state index contributed by atoms with van der Waals surface area (Å²) in [5.74, 6) is 2.45. The summed E-state index contributed by atoms with van der Waals surface area (Å²) in [5.41, 5.74) is 2.16. The van der Waals surface area contributed by atoms with Crippen LogP contribution < -0.4 is 10.1 Å². The van der Waals surface area contributed by atoms with Crippen LogP contribution in [-0.2, 0) is 13.1 Å². The highest BCUT2D eigenvalue weighted by molar-refractivity contribution is 5.85. The first kappa shape index (κ1) is 18.5. The van der Waals surface area contributed by atoms with E-state index in [0.29, 0.717) is 12.5 Å². The molecule has 0 saturated heterocycles. The molecule has 0 radical (unpaired) electrons. The van der Waals surface area contributed by atoms with Crippen LogP contribution in [0, 0.1) is 12.8 Å². The fourth-order valence-electron chi connectivity index (χ4n) is 1.95. The van der Waals surface area contributed by atoms with Gasteiger partial charge < -0.3 is 14.6 Å². The van der Waals surface area contributed by atoms with E-state index in [9.17, 15) is 0 Å². The molecule has 122 valence electrons. The minimum atomic E-state index is 0. The van der Waals surface area contributed by atoms with Crippen molar-refractivity contribution in [1.82, 2.24) is 10.5 Å². The molecular formula is C17H25ClN2O2. The first-order valence-electron chi connectivity index (χ1n) is 7.48. The van der Waals surface area contributed by atoms with Gasteiger partial charge in [0.15, 0.2) is 0 Å². The molecule has 2 rings (SSSR count). The Hall–Kier alpha value is -1.52. The van der Waals surface area contributed by atoms with Crippen LogP contribution in [-0.4, -0.2) is 11.8 Å². The number of aromatic nitrogens is 1. The summed E-state index contributed by atoms with van der Waals surface area (Å²) < 4.78 is 10.7. The normalized spacial score (nSPS) is 10.5. The smallest absolute Gasteiger partial charge is 0.133 e. The molecule has 1 aromatic carbocycles. The topological polar surface area (TPSA) is 47.3 Å². The molecule has 0 aliphatic rings. The molecule has 1 aromatic heterocycles. The van der Waals surface area contributed by atoms with Crippen LogP contribution in [0.1, 0.15) is 37.3 Å². The number of ether oxygens (including phenoxy) is 1. The minimum absolute atomic E-state index is 0. The summed E-state index contributed by atoms with van der Waals surface area (Å²) in [7, 11) is 0. The van der Waals surface area contributed by atoms with Crippen molar-refractivity contribution in [2.75, 3.05) is 6.61 Å². The number of nitrogens with one attached hydrogen (secondary N) is 1. The second-order valence-corrected chi connectivity index (χ2v) is 5.71. The van der Waals surface area contributed by atoms with Gasteiger partial charge in [0.25, 0.3) is 0 Å². The molecule has 0 unspecified atom stereocenters. The maximum absolute atomic E-state index is 5.71. The Balaban J connectivity index is 0.00000242. The molecule has 0 spiro atoms. The maximum Gasteiger partial charge on any atom is 0.133 e. The van der Waals surface area contributed by atoms with Crippen LogP contribution in [0.4, 0.5) is 0 Å². The standard InChI is InChI=1S/C17H24N2O2.ClH/c1-13(2)8-9-20-17-6-4-15(5-7-17)11-18-12-16-10-14(3)21-19-16;/h4-7,10,13,18H,8-9,11-12H2,1-3H3;1H. The fraction of sp³-hybridized carbons (Fsp3) is 0.471. The lowest BCUT2D eigenvalue weighted by Gasteiger charge is -2.09. The number of rotatable bonds is 8.